The molecule has 7 heteroatoms. The molecule has 0 spiro atoms. The largest absolute Gasteiger partial charge is 0.343 e. The maximum absolute atomic E-state index is 12.3. The van der Waals surface area contributed by atoms with Crippen molar-refractivity contribution in [3.05, 3.63) is 56.2 Å². The minimum atomic E-state index is -0.401. The molecule has 0 radical (unpaired) electrons. The topological polar surface area (TPSA) is 49.4 Å². The SMILES string of the molecule is CCN(Cc1ccccc1)C(=O)CNC(=O)c1cc(Cl)sc1Cl. The summed E-state index contributed by atoms with van der Waals surface area (Å²) in [6, 6.07) is 11.2. The van der Waals surface area contributed by atoms with Crippen molar-refractivity contribution in [2.24, 2.45) is 0 Å². The van der Waals surface area contributed by atoms with Gasteiger partial charge in [-0.15, -0.1) is 11.3 Å². The van der Waals surface area contributed by atoms with Gasteiger partial charge in [-0.3, -0.25) is 9.59 Å². The Balaban J connectivity index is 1.92. The first-order valence-electron chi connectivity index (χ1n) is 7.06. The second-order valence-corrected chi connectivity index (χ2v) is 7.10. The van der Waals surface area contributed by atoms with Gasteiger partial charge in [0.05, 0.1) is 16.4 Å². The molecule has 0 aliphatic carbocycles. The van der Waals surface area contributed by atoms with Crippen molar-refractivity contribution in [2.45, 2.75) is 13.5 Å². The molecular formula is C16H16Cl2N2O2S. The first-order chi connectivity index (χ1) is 11.0. The molecule has 0 bridgehead atoms. The molecule has 0 aliphatic rings. The summed E-state index contributed by atoms with van der Waals surface area (Å²) < 4.78 is 0.752. The third-order valence-electron chi connectivity index (χ3n) is 3.25. The van der Waals surface area contributed by atoms with Crippen LogP contribution < -0.4 is 5.32 Å². The highest BCUT2D eigenvalue weighted by atomic mass is 35.5. The Morgan fingerprint density at radius 1 is 1.22 bits per heavy atom. The van der Waals surface area contributed by atoms with Crippen LogP contribution in [-0.4, -0.2) is 29.8 Å². The van der Waals surface area contributed by atoms with Gasteiger partial charge in [-0.1, -0.05) is 53.5 Å². The normalized spacial score (nSPS) is 10.4. The van der Waals surface area contributed by atoms with Crippen LogP contribution in [0.3, 0.4) is 0 Å². The average Bonchev–Trinajstić information content (AvgIpc) is 2.89. The van der Waals surface area contributed by atoms with E-state index in [4.69, 9.17) is 23.2 Å². The summed E-state index contributed by atoms with van der Waals surface area (Å²) in [6.07, 6.45) is 0. The van der Waals surface area contributed by atoms with Gasteiger partial charge >= 0.3 is 0 Å². The molecule has 0 aliphatic heterocycles. The molecule has 4 nitrogen and oxygen atoms in total. The Kier molecular flexibility index (Phi) is 6.45. The number of halogens is 2. The van der Waals surface area contributed by atoms with E-state index in [1.807, 2.05) is 37.3 Å². The van der Waals surface area contributed by atoms with Crippen LogP contribution in [0.5, 0.6) is 0 Å². The molecule has 1 aromatic carbocycles. The number of nitrogens with one attached hydrogen (secondary N) is 1. The van der Waals surface area contributed by atoms with Gasteiger partial charge in [0.25, 0.3) is 5.91 Å². The van der Waals surface area contributed by atoms with E-state index in [1.165, 1.54) is 6.07 Å². The van der Waals surface area contributed by atoms with E-state index >= 15 is 0 Å². The number of amides is 2. The molecule has 1 N–H and O–H groups in total. The summed E-state index contributed by atoms with van der Waals surface area (Å²) in [5, 5.41) is 2.59. The fourth-order valence-electron chi connectivity index (χ4n) is 2.04. The Labute approximate surface area is 149 Å². The van der Waals surface area contributed by atoms with Crippen molar-refractivity contribution < 1.29 is 9.59 Å². The van der Waals surface area contributed by atoms with E-state index in [0.717, 1.165) is 16.9 Å². The Hall–Kier alpha value is -1.56. The third kappa shape index (κ3) is 4.96. The molecule has 0 saturated carbocycles. The van der Waals surface area contributed by atoms with Crippen molar-refractivity contribution in [1.29, 1.82) is 0 Å². The zero-order valence-corrected chi connectivity index (χ0v) is 14.8. The van der Waals surface area contributed by atoms with Gasteiger partial charge in [-0.2, -0.15) is 0 Å². The van der Waals surface area contributed by atoms with Gasteiger partial charge in [0.1, 0.15) is 4.34 Å². The van der Waals surface area contributed by atoms with Gasteiger partial charge in [0, 0.05) is 13.1 Å². The standard InChI is InChI=1S/C16H16Cl2N2O2S/c1-2-20(10-11-6-4-3-5-7-11)14(21)9-19-16(22)12-8-13(17)23-15(12)18/h3-8H,2,9-10H2,1H3,(H,19,22). The first-order valence-corrected chi connectivity index (χ1v) is 8.63. The zero-order valence-electron chi connectivity index (χ0n) is 12.5. The number of carbonyl (C=O) groups is 2. The Bertz CT molecular complexity index is 689. The molecule has 23 heavy (non-hydrogen) atoms. The monoisotopic (exact) mass is 370 g/mol. The molecule has 0 unspecified atom stereocenters. The highest BCUT2D eigenvalue weighted by Crippen LogP contribution is 2.30. The zero-order chi connectivity index (χ0) is 16.8. The van der Waals surface area contributed by atoms with Crippen LogP contribution >= 0.6 is 34.5 Å². The Morgan fingerprint density at radius 3 is 2.48 bits per heavy atom. The number of carbonyl (C=O) groups excluding carboxylic acids is 2. The van der Waals surface area contributed by atoms with Crippen LogP contribution in [0.4, 0.5) is 0 Å². The molecule has 2 rings (SSSR count). The highest BCUT2D eigenvalue weighted by molar-refractivity contribution is 7.20. The van der Waals surface area contributed by atoms with Crippen LogP contribution in [0.25, 0.3) is 0 Å². The molecule has 2 aromatic rings. The molecule has 1 heterocycles. The predicted molar refractivity (Wildman–Crippen MR) is 94.2 cm³/mol. The van der Waals surface area contributed by atoms with Crippen LogP contribution in [0.15, 0.2) is 36.4 Å². The van der Waals surface area contributed by atoms with Gasteiger partial charge in [-0.05, 0) is 18.6 Å². The maximum atomic E-state index is 12.3. The number of hydrogen-bond donors (Lipinski definition) is 1. The molecule has 1 aromatic heterocycles. The van der Waals surface area contributed by atoms with E-state index in [1.54, 1.807) is 4.90 Å². The fourth-order valence-corrected chi connectivity index (χ4v) is 3.50. The lowest BCUT2D eigenvalue weighted by Crippen LogP contribution is -2.39. The van der Waals surface area contributed by atoms with E-state index in [0.29, 0.717) is 27.3 Å². The smallest absolute Gasteiger partial charge is 0.254 e. The summed E-state index contributed by atoms with van der Waals surface area (Å²) in [5.74, 6) is -0.551. The first kappa shape index (κ1) is 17.8. The van der Waals surface area contributed by atoms with E-state index in [2.05, 4.69) is 5.32 Å². The lowest BCUT2D eigenvalue weighted by molar-refractivity contribution is -0.130. The predicted octanol–water partition coefficient (Wildman–Crippen LogP) is 3.83. The van der Waals surface area contributed by atoms with Crippen molar-refractivity contribution in [1.82, 2.24) is 10.2 Å². The quantitative estimate of drug-likeness (QED) is 0.839. The lowest BCUT2D eigenvalue weighted by atomic mass is 10.2. The van der Waals surface area contributed by atoms with Gasteiger partial charge < -0.3 is 10.2 Å². The lowest BCUT2D eigenvalue weighted by Gasteiger charge is -2.21. The number of nitrogens with zero attached hydrogens (tertiary/aromatic N) is 1. The maximum Gasteiger partial charge on any atom is 0.254 e. The molecule has 2 amide bonds. The number of benzene rings is 1. The summed E-state index contributed by atoms with van der Waals surface area (Å²) in [7, 11) is 0. The van der Waals surface area contributed by atoms with Crippen LogP contribution in [0.2, 0.25) is 8.67 Å². The van der Waals surface area contributed by atoms with E-state index in [9.17, 15) is 9.59 Å². The minimum absolute atomic E-state index is 0.0801. The van der Waals surface area contributed by atoms with Crippen molar-refractivity contribution in [3.8, 4) is 0 Å². The average molecular weight is 371 g/mol. The molecule has 0 fully saturated rings. The number of rotatable bonds is 6. The van der Waals surface area contributed by atoms with Gasteiger partial charge in [0.15, 0.2) is 0 Å². The van der Waals surface area contributed by atoms with Gasteiger partial charge in [-0.25, -0.2) is 0 Å². The van der Waals surface area contributed by atoms with Gasteiger partial charge in [0.2, 0.25) is 5.91 Å². The van der Waals surface area contributed by atoms with Crippen LogP contribution in [0, 0.1) is 0 Å². The molecule has 0 atom stereocenters. The number of likely N-dealkylation sites (N-methyl/N-ethyl adjacent to an activating group) is 1. The summed E-state index contributed by atoms with van der Waals surface area (Å²) >= 11 is 12.9. The summed E-state index contributed by atoms with van der Waals surface area (Å²) in [4.78, 5) is 26.0. The van der Waals surface area contributed by atoms with Crippen LogP contribution in [-0.2, 0) is 11.3 Å². The minimum Gasteiger partial charge on any atom is -0.343 e. The fraction of sp³-hybridized carbons (Fsp3) is 0.250. The third-order valence-corrected chi connectivity index (χ3v) is 4.74. The van der Waals surface area contributed by atoms with E-state index < -0.39 is 5.91 Å². The number of hydrogen-bond acceptors (Lipinski definition) is 3. The second kappa shape index (κ2) is 8.34. The molecule has 0 saturated heterocycles. The summed E-state index contributed by atoms with van der Waals surface area (Å²) in [6.45, 7) is 2.90. The molecule has 122 valence electrons. The highest BCUT2D eigenvalue weighted by Gasteiger charge is 2.17. The Morgan fingerprint density at radius 2 is 1.91 bits per heavy atom. The van der Waals surface area contributed by atoms with Crippen LogP contribution in [0.1, 0.15) is 22.8 Å². The van der Waals surface area contributed by atoms with Crippen molar-refractivity contribution in [3.63, 3.8) is 0 Å². The summed E-state index contributed by atoms with van der Waals surface area (Å²) in [5.41, 5.74) is 1.34. The number of thiophene rings is 1. The van der Waals surface area contributed by atoms with E-state index in [-0.39, 0.29) is 12.5 Å². The van der Waals surface area contributed by atoms with Crippen molar-refractivity contribution >= 4 is 46.4 Å². The second-order valence-electron chi connectivity index (χ2n) is 4.81. The molecular weight excluding hydrogens is 355 g/mol. The van der Waals surface area contributed by atoms with Crippen molar-refractivity contribution in [2.75, 3.05) is 13.1 Å².